The minimum absolute atomic E-state index is 0.136. The van der Waals surface area contributed by atoms with Crippen molar-refractivity contribution in [2.24, 2.45) is 5.73 Å². The molecule has 3 N–H and O–H groups in total. The Morgan fingerprint density at radius 1 is 1.32 bits per heavy atom. The molecule has 0 spiro atoms. The van der Waals surface area contributed by atoms with Gasteiger partial charge in [-0.3, -0.25) is 0 Å². The summed E-state index contributed by atoms with van der Waals surface area (Å²) in [7, 11) is 1.87. The number of pyridine rings is 1. The van der Waals surface area contributed by atoms with Gasteiger partial charge in [0.2, 0.25) is 5.88 Å². The maximum atomic E-state index is 12.4. The van der Waals surface area contributed by atoms with Gasteiger partial charge < -0.3 is 20.5 Å². The highest BCUT2D eigenvalue weighted by atomic mass is 19.1. The fraction of sp³-hybridized carbons (Fsp3) is 0.312. The molecule has 2 rings (SSSR count). The van der Waals surface area contributed by atoms with Crippen molar-refractivity contribution in [2.45, 2.75) is 0 Å². The Labute approximate surface area is 128 Å². The first kappa shape index (κ1) is 16.2. The molecule has 0 saturated carbocycles. The van der Waals surface area contributed by atoms with E-state index < -0.39 is 0 Å². The molecule has 5 nitrogen and oxygen atoms in total. The summed E-state index contributed by atoms with van der Waals surface area (Å²) >= 11 is 0. The molecule has 0 atom stereocenters. The minimum Gasteiger partial charge on any atom is -0.489 e. The highest BCUT2D eigenvalue weighted by Crippen LogP contribution is 2.22. The van der Waals surface area contributed by atoms with Crippen molar-refractivity contribution in [3.05, 3.63) is 42.2 Å². The lowest BCUT2D eigenvalue weighted by atomic mass is 10.2. The normalized spacial score (nSPS) is 11.7. The van der Waals surface area contributed by atoms with Crippen LogP contribution in [0.15, 0.2) is 42.2 Å². The van der Waals surface area contributed by atoms with Crippen molar-refractivity contribution in [1.82, 2.24) is 10.3 Å². The topological polar surface area (TPSA) is 69.4 Å². The summed E-state index contributed by atoms with van der Waals surface area (Å²) < 4.78 is 23.5. The number of hydrogen-bond acceptors (Lipinski definition) is 5. The Morgan fingerprint density at radius 2 is 2.18 bits per heavy atom. The van der Waals surface area contributed by atoms with Crippen LogP contribution >= 0.6 is 0 Å². The molecule has 118 valence electrons. The van der Waals surface area contributed by atoms with E-state index >= 15 is 0 Å². The van der Waals surface area contributed by atoms with Gasteiger partial charge in [0.05, 0.1) is 11.8 Å². The van der Waals surface area contributed by atoms with E-state index in [0.717, 1.165) is 17.4 Å². The van der Waals surface area contributed by atoms with E-state index in [4.69, 9.17) is 15.2 Å². The van der Waals surface area contributed by atoms with E-state index in [1.165, 1.54) is 0 Å². The van der Waals surface area contributed by atoms with E-state index in [1.807, 2.05) is 31.3 Å². The number of halogens is 1. The van der Waals surface area contributed by atoms with Gasteiger partial charge in [-0.25, -0.2) is 9.37 Å². The molecule has 2 aromatic rings. The second-order valence-corrected chi connectivity index (χ2v) is 4.72. The lowest BCUT2D eigenvalue weighted by Gasteiger charge is -2.09. The van der Waals surface area contributed by atoms with Crippen LogP contribution < -0.4 is 20.5 Å². The van der Waals surface area contributed by atoms with Crippen LogP contribution in [0.25, 0.3) is 10.9 Å². The molecular weight excluding hydrogens is 285 g/mol. The number of rotatable bonds is 8. The first-order valence-electron chi connectivity index (χ1n) is 7.06. The van der Waals surface area contributed by atoms with Crippen LogP contribution in [0.2, 0.25) is 0 Å². The highest BCUT2D eigenvalue weighted by Gasteiger charge is 2.03. The molecule has 0 amide bonds. The van der Waals surface area contributed by atoms with Crippen LogP contribution in [0, 0.1) is 0 Å². The molecule has 1 heterocycles. The molecule has 0 aliphatic carbocycles. The third-order valence-corrected chi connectivity index (χ3v) is 3.08. The Hall–Kier alpha value is -2.18. The van der Waals surface area contributed by atoms with E-state index in [9.17, 15) is 4.39 Å². The number of fused-ring (bicyclic) bond motifs is 1. The van der Waals surface area contributed by atoms with Crippen molar-refractivity contribution in [2.75, 3.05) is 33.4 Å². The van der Waals surface area contributed by atoms with Gasteiger partial charge in [0.15, 0.2) is 0 Å². The zero-order valence-corrected chi connectivity index (χ0v) is 12.5. The molecule has 0 aliphatic rings. The standard InChI is InChI=1S/C16H20FN3O2/c1-19-6-7-21-16-5-2-13-8-14(3-4-15(13)20-16)22-11-12(9-17)10-18/h2-5,8-9,19H,6-7,10-11,18H2,1H3/b12-9+. The van der Waals surface area contributed by atoms with Crippen molar-refractivity contribution in [1.29, 1.82) is 0 Å². The van der Waals surface area contributed by atoms with Crippen LogP contribution in [-0.2, 0) is 0 Å². The average molecular weight is 305 g/mol. The van der Waals surface area contributed by atoms with Crippen molar-refractivity contribution in [3.8, 4) is 11.6 Å². The molecule has 1 aromatic heterocycles. The SMILES string of the molecule is CNCCOc1ccc2cc(OC/C(=C/F)CN)ccc2n1. The monoisotopic (exact) mass is 305 g/mol. The van der Waals surface area contributed by atoms with Gasteiger partial charge in [-0.05, 0) is 31.3 Å². The summed E-state index contributed by atoms with van der Waals surface area (Å²) in [6, 6.07) is 9.22. The zero-order chi connectivity index (χ0) is 15.8. The number of benzene rings is 1. The summed E-state index contributed by atoms with van der Waals surface area (Å²) in [5.74, 6) is 1.23. The van der Waals surface area contributed by atoms with Crippen molar-refractivity contribution < 1.29 is 13.9 Å². The number of ether oxygens (including phenoxy) is 2. The molecular formula is C16H20FN3O2. The second-order valence-electron chi connectivity index (χ2n) is 4.72. The van der Waals surface area contributed by atoms with Crippen LogP contribution in [-0.4, -0.2) is 38.3 Å². The fourth-order valence-corrected chi connectivity index (χ4v) is 1.82. The molecule has 1 aromatic carbocycles. The van der Waals surface area contributed by atoms with Gasteiger partial charge in [0, 0.05) is 30.1 Å². The molecule has 0 aliphatic heterocycles. The number of nitrogens with one attached hydrogen (secondary N) is 1. The second kappa shape index (κ2) is 8.31. The van der Waals surface area contributed by atoms with Crippen molar-refractivity contribution in [3.63, 3.8) is 0 Å². The lowest BCUT2D eigenvalue weighted by molar-refractivity contribution is 0.307. The largest absolute Gasteiger partial charge is 0.489 e. The first-order valence-corrected chi connectivity index (χ1v) is 7.06. The third kappa shape index (κ3) is 4.41. The molecule has 0 radical (unpaired) electrons. The van der Waals surface area contributed by atoms with E-state index in [2.05, 4.69) is 10.3 Å². The summed E-state index contributed by atoms with van der Waals surface area (Å²) in [5.41, 5.74) is 6.61. The smallest absolute Gasteiger partial charge is 0.213 e. The highest BCUT2D eigenvalue weighted by molar-refractivity contribution is 5.80. The van der Waals surface area contributed by atoms with Crippen LogP contribution in [0.4, 0.5) is 4.39 Å². The molecule has 0 saturated heterocycles. The van der Waals surface area contributed by atoms with E-state index in [0.29, 0.717) is 30.1 Å². The van der Waals surface area contributed by atoms with Crippen LogP contribution in [0.5, 0.6) is 11.6 Å². The number of likely N-dealkylation sites (N-methyl/N-ethyl adjacent to an activating group) is 1. The van der Waals surface area contributed by atoms with Gasteiger partial charge in [0.1, 0.15) is 19.0 Å². The van der Waals surface area contributed by atoms with E-state index in [1.54, 1.807) is 6.07 Å². The molecule has 22 heavy (non-hydrogen) atoms. The molecule has 6 heteroatoms. The number of nitrogens with zero attached hydrogens (tertiary/aromatic N) is 1. The number of nitrogens with two attached hydrogens (primary N) is 1. The summed E-state index contributed by atoms with van der Waals surface area (Å²) in [5, 5.41) is 3.93. The van der Waals surface area contributed by atoms with Gasteiger partial charge in [-0.15, -0.1) is 0 Å². The summed E-state index contributed by atoms with van der Waals surface area (Å²) in [6.45, 7) is 1.60. The zero-order valence-electron chi connectivity index (χ0n) is 12.5. The first-order chi connectivity index (χ1) is 10.8. The Bertz CT molecular complexity index is 646. The molecule has 0 unspecified atom stereocenters. The third-order valence-electron chi connectivity index (χ3n) is 3.08. The van der Waals surface area contributed by atoms with Crippen LogP contribution in [0.3, 0.4) is 0 Å². The van der Waals surface area contributed by atoms with Gasteiger partial charge in [-0.1, -0.05) is 0 Å². The van der Waals surface area contributed by atoms with Gasteiger partial charge >= 0.3 is 0 Å². The van der Waals surface area contributed by atoms with Gasteiger partial charge in [-0.2, -0.15) is 0 Å². The van der Waals surface area contributed by atoms with Crippen molar-refractivity contribution >= 4 is 10.9 Å². The lowest BCUT2D eigenvalue weighted by Crippen LogP contribution is -2.16. The molecule has 0 bridgehead atoms. The summed E-state index contributed by atoms with van der Waals surface area (Å²) in [6.07, 6.45) is 0.484. The predicted molar refractivity (Wildman–Crippen MR) is 84.9 cm³/mol. The number of hydrogen-bond donors (Lipinski definition) is 2. The van der Waals surface area contributed by atoms with E-state index in [-0.39, 0.29) is 13.2 Å². The Kier molecular flexibility index (Phi) is 6.12. The Morgan fingerprint density at radius 3 is 2.91 bits per heavy atom. The molecule has 0 fully saturated rings. The predicted octanol–water partition coefficient (Wildman–Crippen LogP) is 2.02. The number of aromatic nitrogens is 1. The average Bonchev–Trinajstić information content (AvgIpc) is 2.56. The minimum atomic E-state index is 0.136. The summed E-state index contributed by atoms with van der Waals surface area (Å²) in [4.78, 5) is 4.42. The van der Waals surface area contributed by atoms with Crippen LogP contribution in [0.1, 0.15) is 0 Å². The fourth-order valence-electron chi connectivity index (χ4n) is 1.82. The van der Waals surface area contributed by atoms with Gasteiger partial charge in [0.25, 0.3) is 0 Å². The quantitative estimate of drug-likeness (QED) is 0.730. The maximum absolute atomic E-state index is 12.4. The Balaban J connectivity index is 2.06. The maximum Gasteiger partial charge on any atom is 0.213 e.